The van der Waals surface area contributed by atoms with Crippen molar-refractivity contribution in [1.82, 2.24) is 24.5 Å². The fraction of sp³-hybridized carbons (Fsp3) is 0.588. The maximum Gasteiger partial charge on any atom is 0.257 e. The van der Waals surface area contributed by atoms with E-state index in [1.165, 1.54) is 0 Å². The molecule has 1 aliphatic carbocycles. The van der Waals surface area contributed by atoms with Crippen LogP contribution in [0.4, 0.5) is 8.78 Å². The van der Waals surface area contributed by atoms with Crippen molar-refractivity contribution in [3.63, 3.8) is 0 Å². The summed E-state index contributed by atoms with van der Waals surface area (Å²) in [6, 6.07) is -0.168. The molecule has 0 bridgehead atoms. The van der Waals surface area contributed by atoms with Gasteiger partial charge in [0.2, 0.25) is 5.92 Å². The molecule has 136 valence electrons. The Labute approximate surface area is 145 Å². The number of carbonyl (C=O) groups is 1. The first-order chi connectivity index (χ1) is 11.8. The normalized spacial score (nSPS) is 17.6. The topological polar surface area (TPSA) is 56.0 Å². The molecule has 3 rings (SSSR count). The monoisotopic (exact) mass is 351 g/mol. The minimum absolute atomic E-state index is 0.168. The quantitative estimate of drug-likeness (QED) is 0.851. The van der Waals surface area contributed by atoms with Crippen LogP contribution in [0.1, 0.15) is 43.0 Å². The number of rotatable bonds is 4. The van der Waals surface area contributed by atoms with Crippen molar-refractivity contribution in [2.24, 2.45) is 7.05 Å². The van der Waals surface area contributed by atoms with Crippen molar-refractivity contribution < 1.29 is 13.6 Å². The summed E-state index contributed by atoms with van der Waals surface area (Å²) in [6.07, 6.45) is 5.50. The number of aryl methyl sites for hydroxylation is 2. The van der Waals surface area contributed by atoms with Gasteiger partial charge in [-0.25, -0.2) is 8.78 Å². The van der Waals surface area contributed by atoms with Gasteiger partial charge >= 0.3 is 0 Å². The molecular formula is C17H23F2N5O. The van der Waals surface area contributed by atoms with Crippen LogP contribution in [0.2, 0.25) is 0 Å². The Hall–Kier alpha value is -2.25. The van der Waals surface area contributed by atoms with Crippen molar-refractivity contribution in [3.05, 3.63) is 24.2 Å². The number of carbonyl (C=O) groups excluding carboxylic acids is 1. The highest BCUT2D eigenvalue weighted by Crippen LogP contribution is 2.35. The maximum absolute atomic E-state index is 13.4. The summed E-state index contributed by atoms with van der Waals surface area (Å²) < 4.78 is 30.1. The number of hydrogen-bond donors (Lipinski definition) is 0. The Morgan fingerprint density at radius 3 is 2.60 bits per heavy atom. The minimum Gasteiger partial charge on any atom is -0.339 e. The predicted octanol–water partition coefficient (Wildman–Crippen LogP) is 2.95. The zero-order chi connectivity index (χ0) is 18.2. The number of nitrogens with zero attached hydrogens (tertiary/aromatic N) is 5. The predicted molar refractivity (Wildman–Crippen MR) is 89.4 cm³/mol. The molecule has 2 aromatic rings. The van der Waals surface area contributed by atoms with E-state index in [-0.39, 0.29) is 24.8 Å². The largest absolute Gasteiger partial charge is 0.339 e. The molecule has 2 heterocycles. The summed E-state index contributed by atoms with van der Waals surface area (Å²) in [4.78, 5) is 14.6. The summed E-state index contributed by atoms with van der Waals surface area (Å²) >= 11 is 0. The van der Waals surface area contributed by atoms with Gasteiger partial charge in [0.15, 0.2) is 0 Å². The summed E-state index contributed by atoms with van der Waals surface area (Å²) in [5.74, 6) is -2.79. The first-order valence-corrected chi connectivity index (χ1v) is 8.52. The maximum atomic E-state index is 13.4. The van der Waals surface area contributed by atoms with Crippen molar-refractivity contribution in [2.75, 3.05) is 7.05 Å². The lowest BCUT2D eigenvalue weighted by Crippen LogP contribution is -2.41. The zero-order valence-corrected chi connectivity index (χ0v) is 14.7. The van der Waals surface area contributed by atoms with Crippen molar-refractivity contribution in [3.8, 4) is 11.3 Å². The Balaban J connectivity index is 1.85. The van der Waals surface area contributed by atoms with Gasteiger partial charge in [-0.05, 0) is 19.8 Å². The van der Waals surface area contributed by atoms with Crippen molar-refractivity contribution >= 4 is 5.91 Å². The highest BCUT2D eigenvalue weighted by molar-refractivity contribution is 5.99. The van der Waals surface area contributed by atoms with Crippen LogP contribution < -0.4 is 0 Å². The fourth-order valence-electron chi connectivity index (χ4n) is 3.26. The average molecular weight is 351 g/mol. The van der Waals surface area contributed by atoms with E-state index in [1.54, 1.807) is 46.9 Å². The van der Waals surface area contributed by atoms with E-state index >= 15 is 0 Å². The van der Waals surface area contributed by atoms with Gasteiger partial charge in [0, 0.05) is 57.5 Å². The van der Waals surface area contributed by atoms with Gasteiger partial charge in [-0.3, -0.25) is 14.2 Å². The number of aromatic nitrogens is 4. The second kappa shape index (κ2) is 6.57. The molecule has 0 atom stereocenters. The Morgan fingerprint density at radius 1 is 1.36 bits per heavy atom. The third-order valence-corrected chi connectivity index (χ3v) is 4.85. The van der Waals surface area contributed by atoms with Crippen molar-refractivity contribution in [2.45, 2.75) is 51.1 Å². The smallest absolute Gasteiger partial charge is 0.257 e. The molecule has 0 saturated heterocycles. The SMILES string of the molecule is CCn1cc(C(=O)N(C)C2CCC(F)(F)CC2)c(-c2cnn(C)c2)n1. The van der Waals surface area contributed by atoms with E-state index in [0.717, 1.165) is 5.56 Å². The Morgan fingerprint density at radius 2 is 2.04 bits per heavy atom. The van der Waals surface area contributed by atoms with E-state index in [1.807, 2.05) is 6.92 Å². The van der Waals surface area contributed by atoms with Crippen LogP contribution in [0.3, 0.4) is 0 Å². The third-order valence-electron chi connectivity index (χ3n) is 4.85. The molecule has 0 spiro atoms. The van der Waals surface area contributed by atoms with Gasteiger partial charge in [-0.2, -0.15) is 10.2 Å². The van der Waals surface area contributed by atoms with E-state index in [2.05, 4.69) is 10.2 Å². The lowest BCUT2D eigenvalue weighted by molar-refractivity contribution is -0.0490. The molecule has 0 aromatic carbocycles. The molecule has 0 unspecified atom stereocenters. The molecule has 0 radical (unpaired) electrons. The van der Waals surface area contributed by atoms with Gasteiger partial charge in [0.05, 0.1) is 11.8 Å². The van der Waals surface area contributed by atoms with Crippen LogP contribution in [0.15, 0.2) is 18.6 Å². The molecule has 1 fully saturated rings. The van der Waals surface area contributed by atoms with E-state index in [0.29, 0.717) is 30.6 Å². The van der Waals surface area contributed by atoms with Gasteiger partial charge in [-0.1, -0.05) is 0 Å². The highest BCUT2D eigenvalue weighted by atomic mass is 19.3. The van der Waals surface area contributed by atoms with Crippen LogP contribution in [0, 0.1) is 0 Å². The molecule has 1 amide bonds. The summed E-state index contributed by atoms with van der Waals surface area (Å²) in [6.45, 7) is 2.58. The first-order valence-electron chi connectivity index (χ1n) is 8.52. The van der Waals surface area contributed by atoms with Gasteiger partial charge in [0.1, 0.15) is 5.69 Å². The fourth-order valence-corrected chi connectivity index (χ4v) is 3.26. The zero-order valence-electron chi connectivity index (χ0n) is 14.7. The molecule has 0 N–H and O–H groups in total. The Bertz CT molecular complexity index is 757. The lowest BCUT2D eigenvalue weighted by atomic mass is 9.91. The van der Waals surface area contributed by atoms with Gasteiger partial charge in [-0.15, -0.1) is 0 Å². The molecule has 25 heavy (non-hydrogen) atoms. The van der Waals surface area contributed by atoms with Crippen LogP contribution in [-0.2, 0) is 13.6 Å². The van der Waals surface area contributed by atoms with Crippen molar-refractivity contribution in [1.29, 1.82) is 0 Å². The molecular weight excluding hydrogens is 328 g/mol. The van der Waals surface area contributed by atoms with Crippen LogP contribution in [0.25, 0.3) is 11.3 Å². The molecule has 2 aromatic heterocycles. The summed E-state index contributed by atoms with van der Waals surface area (Å²) in [5.41, 5.74) is 1.82. The summed E-state index contributed by atoms with van der Waals surface area (Å²) in [7, 11) is 3.49. The minimum atomic E-state index is -2.60. The van der Waals surface area contributed by atoms with E-state index in [4.69, 9.17) is 0 Å². The average Bonchev–Trinajstić information content (AvgIpc) is 3.19. The van der Waals surface area contributed by atoms with Crippen LogP contribution in [0.5, 0.6) is 0 Å². The molecule has 0 aliphatic heterocycles. The second-order valence-electron chi connectivity index (χ2n) is 6.65. The Kier molecular flexibility index (Phi) is 4.62. The van der Waals surface area contributed by atoms with E-state index in [9.17, 15) is 13.6 Å². The standard InChI is InChI=1S/C17H23F2N5O/c1-4-24-11-14(15(21-24)12-9-20-22(2)10-12)16(25)23(3)13-5-7-17(18,19)8-6-13/h9-11,13H,4-8H2,1-3H3. The molecule has 8 heteroatoms. The number of halogens is 2. The lowest BCUT2D eigenvalue weighted by Gasteiger charge is -2.34. The molecule has 1 saturated carbocycles. The first kappa shape index (κ1) is 17.6. The second-order valence-corrected chi connectivity index (χ2v) is 6.65. The van der Waals surface area contributed by atoms with Gasteiger partial charge < -0.3 is 4.90 Å². The van der Waals surface area contributed by atoms with Crippen LogP contribution >= 0.6 is 0 Å². The third kappa shape index (κ3) is 3.57. The molecule has 1 aliphatic rings. The highest BCUT2D eigenvalue weighted by Gasteiger charge is 2.37. The van der Waals surface area contributed by atoms with Crippen LogP contribution in [-0.4, -0.2) is 49.4 Å². The number of alkyl halides is 2. The molecule has 6 nitrogen and oxygen atoms in total. The number of hydrogen-bond acceptors (Lipinski definition) is 3. The van der Waals surface area contributed by atoms with Gasteiger partial charge in [0.25, 0.3) is 5.91 Å². The number of amides is 1. The summed E-state index contributed by atoms with van der Waals surface area (Å²) in [5, 5.41) is 8.62. The van der Waals surface area contributed by atoms with E-state index < -0.39 is 5.92 Å².